The summed E-state index contributed by atoms with van der Waals surface area (Å²) in [6.07, 6.45) is -0.150. The molecule has 1 saturated heterocycles. The SMILES string of the molecule is CC(C)Oc1ccc(S(=O)(=O)N2CCOCC2)cc1NC(=O)c1ccc(-c2ccccc2)cc1. The summed E-state index contributed by atoms with van der Waals surface area (Å²) in [4.78, 5) is 13.1. The van der Waals surface area contributed by atoms with Crippen LogP contribution in [0.4, 0.5) is 5.69 Å². The van der Waals surface area contributed by atoms with E-state index in [2.05, 4.69) is 5.32 Å². The standard InChI is InChI=1S/C26H28N2O5S/c1-19(2)33-25-13-12-23(34(30,31)28-14-16-32-17-15-28)18-24(25)27-26(29)22-10-8-21(9-11-22)20-6-4-3-5-7-20/h3-13,18-19H,14-17H2,1-2H3,(H,27,29). The Labute approximate surface area is 200 Å². The van der Waals surface area contributed by atoms with Crippen LogP contribution >= 0.6 is 0 Å². The summed E-state index contributed by atoms with van der Waals surface area (Å²) in [6.45, 7) is 5.04. The van der Waals surface area contributed by atoms with Crippen molar-refractivity contribution in [1.82, 2.24) is 4.31 Å². The van der Waals surface area contributed by atoms with Gasteiger partial charge in [0.2, 0.25) is 10.0 Å². The van der Waals surface area contributed by atoms with Crippen LogP contribution in [0.2, 0.25) is 0 Å². The zero-order chi connectivity index (χ0) is 24.1. The Morgan fingerprint density at radius 1 is 0.941 bits per heavy atom. The molecule has 34 heavy (non-hydrogen) atoms. The fourth-order valence-electron chi connectivity index (χ4n) is 3.70. The van der Waals surface area contributed by atoms with E-state index in [1.54, 1.807) is 18.2 Å². The average Bonchev–Trinajstić information content (AvgIpc) is 2.86. The molecule has 1 N–H and O–H groups in total. The molecule has 7 nitrogen and oxygen atoms in total. The van der Waals surface area contributed by atoms with E-state index in [1.165, 1.54) is 16.4 Å². The fourth-order valence-corrected chi connectivity index (χ4v) is 5.13. The van der Waals surface area contributed by atoms with E-state index in [9.17, 15) is 13.2 Å². The van der Waals surface area contributed by atoms with Crippen LogP contribution in [0.5, 0.6) is 5.75 Å². The number of benzene rings is 3. The molecule has 178 valence electrons. The Balaban J connectivity index is 1.60. The second-order valence-electron chi connectivity index (χ2n) is 8.24. The quantitative estimate of drug-likeness (QED) is 0.541. The topological polar surface area (TPSA) is 84.9 Å². The first-order valence-electron chi connectivity index (χ1n) is 11.2. The van der Waals surface area contributed by atoms with Gasteiger partial charge in [-0.1, -0.05) is 42.5 Å². The highest BCUT2D eigenvalue weighted by atomic mass is 32.2. The van der Waals surface area contributed by atoms with Crippen LogP contribution in [-0.4, -0.2) is 51.0 Å². The predicted molar refractivity (Wildman–Crippen MR) is 132 cm³/mol. The van der Waals surface area contributed by atoms with Gasteiger partial charge in [0.15, 0.2) is 0 Å². The number of rotatable bonds is 7. The fraction of sp³-hybridized carbons (Fsp3) is 0.269. The van der Waals surface area contributed by atoms with Crippen molar-refractivity contribution in [2.45, 2.75) is 24.8 Å². The zero-order valence-corrected chi connectivity index (χ0v) is 20.0. The molecule has 0 atom stereocenters. The normalized spacial score (nSPS) is 14.7. The van der Waals surface area contributed by atoms with Gasteiger partial charge in [0.05, 0.1) is 29.9 Å². The van der Waals surface area contributed by atoms with Crippen LogP contribution in [0.1, 0.15) is 24.2 Å². The monoisotopic (exact) mass is 480 g/mol. The molecule has 1 aliphatic heterocycles. The van der Waals surface area contributed by atoms with Crippen molar-refractivity contribution in [1.29, 1.82) is 0 Å². The van der Waals surface area contributed by atoms with Crippen molar-refractivity contribution in [2.24, 2.45) is 0 Å². The number of sulfonamides is 1. The van der Waals surface area contributed by atoms with Gasteiger partial charge in [-0.15, -0.1) is 0 Å². The number of hydrogen-bond donors (Lipinski definition) is 1. The highest BCUT2D eigenvalue weighted by Gasteiger charge is 2.27. The maximum Gasteiger partial charge on any atom is 0.255 e. The van der Waals surface area contributed by atoms with E-state index >= 15 is 0 Å². The molecule has 4 rings (SSSR count). The van der Waals surface area contributed by atoms with Crippen LogP contribution in [0.15, 0.2) is 77.7 Å². The summed E-state index contributed by atoms with van der Waals surface area (Å²) in [5.74, 6) is 0.0549. The number of carbonyl (C=O) groups is 1. The molecule has 0 bridgehead atoms. The second kappa shape index (κ2) is 10.4. The minimum Gasteiger partial charge on any atom is -0.489 e. The average molecular weight is 481 g/mol. The van der Waals surface area contributed by atoms with Gasteiger partial charge >= 0.3 is 0 Å². The Hall–Kier alpha value is -3.20. The van der Waals surface area contributed by atoms with Gasteiger partial charge in [0.25, 0.3) is 5.91 Å². The number of carbonyl (C=O) groups excluding carboxylic acids is 1. The molecule has 1 aliphatic rings. The molecule has 1 fully saturated rings. The van der Waals surface area contributed by atoms with Crippen molar-refractivity contribution in [3.05, 3.63) is 78.4 Å². The molecule has 0 unspecified atom stereocenters. The van der Waals surface area contributed by atoms with Crippen LogP contribution in [-0.2, 0) is 14.8 Å². The van der Waals surface area contributed by atoms with Gasteiger partial charge in [-0.2, -0.15) is 4.31 Å². The van der Waals surface area contributed by atoms with Crippen molar-refractivity contribution >= 4 is 21.6 Å². The largest absolute Gasteiger partial charge is 0.489 e. The number of nitrogens with one attached hydrogen (secondary N) is 1. The van der Waals surface area contributed by atoms with Crippen LogP contribution < -0.4 is 10.1 Å². The molecule has 1 heterocycles. The van der Waals surface area contributed by atoms with Crippen molar-refractivity contribution in [3.63, 3.8) is 0 Å². The number of hydrogen-bond acceptors (Lipinski definition) is 5. The van der Waals surface area contributed by atoms with Gasteiger partial charge in [-0.25, -0.2) is 8.42 Å². The number of morpholine rings is 1. The molecule has 0 aromatic heterocycles. The summed E-state index contributed by atoms with van der Waals surface area (Å²) in [5, 5.41) is 2.84. The summed E-state index contributed by atoms with van der Waals surface area (Å²) in [5.41, 5.74) is 2.82. The minimum absolute atomic E-state index is 0.0974. The molecule has 3 aromatic rings. The van der Waals surface area contributed by atoms with Gasteiger partial charge in [-0.3, -0.25) is 4.79 Å². The number of anilines is 1. The molecular weight excluding hydrogens is 452 g/mol. The molecule has 8 heteroatoms. The van der Waals surface area contributed by atoms with E-state index in [4.69, 9.17) is 9.47 Å². The first-order valence-corrected chi connectivity index (χ1v) is 12.6. The van der Waals surface area contributed by atoms with E-state index in [-0.39, 0.29) is 16.9 Å². The van der Waals surface area contributed by atoms with Gasteiger partial charge < -0.3 is 14.8 Å². The number of ether oxygens (including phenoxy) is 2. The molecule has 0 saturated carbocycles. The molecule has 3 aromatic carbocycles. The first kappa shape index (κ1) is 23.9. The van der Waals surface area contributed by atoms with Crippen molar-refractivity contribution < 1.29 is 22.7 Å². The minimum atomic E-state index is -3.72. The Kier molecular flexibility index (Phi) is 7.31. The number of amides is 1. The third-order valence-corrected chi connectivity index (χ3v) is 7.32. The smallest absolute Gasteiger partial charge is 0.255 e. The van der Waals surface area contributed by atoms with Crippen LogP contribution in [0, 0.1) is 0 Å². The molecule has 0 spiro atoms. The summed E-state index contributed by atoms with van der Waals surface area (Å²) in [6, 6.07) is 21.7. The third kappa shape index (κ3) is 5.47. The maximum absolute atomic E-state index is 13.1. The lowest BCUT2D eigenvalue weighted by Gasteiger charge is -2.26. The van der Waals surface area contributed by atoms with E-state index in [0.717, 1.165) is 11.1 Å². The second-order valence-corrected chi connectivity index (χ2v) is 10.2. The first-order chi connectivity index (χ1) is 16.3. The van der Waals surface area contributed by atoms with Crippen molar-refractivity contribution in [2.75, 3.05) is 31.6 Å². The summed E-state index contributed by atoms with van der Waals surface area (Å²) < 4.78 is 38.7. The highest BCUT2D eigenvalue weighted by molar-refractivity contribution is 7.89. The Morgan fingerprint density at radius 2 is 1.59 bits per heavy atom. The van der Waals surface area contributed by atoms with Crippen LogP contribution in [0.25, 0.3) is 11.1 Å². The van der Waals surface area contributed by atoms with Crippen LogP contribution in [0.3, 0.4) is 0 Å². The number of nitrogens with zero attached hydrogens (tertiary/aromatic N) is 1. The molecule has 0 radical (unpaired) electrons. The highest BCUT2D eigenvalue weighted by Crippen LogP contribution is 2.31. The molecular formula is C26H28N2O5S. The lowest BCUT2D eigenvalue weighted by Crippen LogP contribution is -2.40. The Bertz CT molecular complexity index is 1240. The zero-order valence-electron chi connectivity index (χ0n) is 19.2. The lowest BCUT2D eigenvalue weighted by atomic mass is 10.0. The molecule has 0 aliphatic carbocycles. The third-order valence-electron chi connectivity index (χ3n) is 5.42. The van der Waals surface area contributed by atoms with Gasteiger partial charge in [0.1, 0.15) is 5.75 Å². The summed E-state index contributed by atoms with van der Waals surface area (Å²) in [7, 11) is -3.72. The Morgan fingerprint density at radius 3 is 2.24 bits per heavy atom. The van der Waals surface area contributed by atoms with E-state index in [0.29, 0.717) is 43.3 Å². The van der Waals surface area contributed by atoms with E-state index in [1.807, 2.05) is 56.3 Å². The molecule has 1 amide bonds. The predicted octanol–water partition coefficient (Wildman–Crippen LogP) is 4.41. The van der Waals surface area contributed by atoms with Gasteiger partial charge in [-0.05, 0) is 55.3 Å². The van der Waals surface area contributed by atoms with Gasteiger partial charge in [0, 0.05) is 18.7 Å². The van der Waals surface area contributed by atoms with Crippen molar-refractivity contribution in [3.8, 4) is 16.9 Å². The maximum atomic E-state index is 13.1. The van der Waals surface area contributed by atoms with E-state index < -0.39 is 10.0 Å². The lowest BCUT2D eigenvalue weighted by molar-refractivity contribution is 0.0730. The summed E-state index contributed by atoms with van der Waals surface area (Å²) >= 11 is 0.